The Labute approximate surface area is 229 Å². The summed E-state index contributed by atoms with van der Waals surface area (Å²) in [4.78, 5) is 4.91. The fraction of sp³-hybridized carbons (Fsp3) is 0.162. The molecule has 0 bridgehead atoms. The average Bonchev–Trinajstić information content (AvgIpc) is 3.17. The molecule has 39 heavy (non-hydrogen) atoms. The number of hydrogen-bond donors (Lipinski definition) is 0. The van der Waals surface area contributed by atoms with Gasteiger partial charge in [-0.3, -0.25) is 0 Å². The standard InChI is InChI=1S/C37H31NO/c1-36(2)37(3,4)39-35(38-36)28-21-19-25-22-27(20-18-26(25)23-28)34-31-16-10-8-14-29(31)33(24-12-6-5-7-13-24)30-15-9-11-17-32(30)34/h5-23H,1-4H3. The van der Waals surface area contributed by atoms with Crippen molar-refractivity contribution in [3.8, 4) is 22.3 Å². The third kappa shape index (κ3) is 3.74. The molecule has 0 fully saturated rings. The number of aliphatic imine (C=N–C) groups is 1. The van der Waals surface area contributed by atoms with Crippen LogP contribution in [0.3, 0.4) is 0 Å². The summed E-state index contributed by atoms with van der Waals surface area (Å²) in [5.74, 6) is 0.726. The molecule has 1 aliphatic heterocycles. The highest BCUT2D eigenvalue weighted by molar-refractivity contribution is 6.21. The maximum absolute atomic E-state index is 6.29. The monoisotopic (exact) mass is 505 g/mol. The number of nitrogens with zero attached hydrogens (tertiary/aromatic N) is 1. The summed E-state index contributed by atoms with van der Waals surface area (Å²) < 4.78 is 6.29. The Morgan fingerprint density at radius 1 is 0.487 bits per heavy atom. The molecule has 0 saturated carbocycles. The molecule has 1 heterocycles. The number of ether oxygens (including phenoxy) is 1. The second-order valence-electron chi connectivity index (χ2n) is 11.6. The van der Waals surface area contributed by atoms with Crippen LogP contribution < -0.4 is 0 Å². The van der Waals surface area contributed by atoms with E-state index in [1.807, 2.05) is 0 Å². The Bertz CT molecular complexity index is 1870. The van der Waals surface area contributed by atoms with E-state index >= 15 is 0 Å². The first kappa shape index (κ1) is 23.7. The smallest absolute Gasteiger partial charge is 0.217 e. The normalized spacial score (nSPS) is 15.9. The lowest BCUT2D eigenvalue weighted by Gasteiger charge is -2.30. The predicted octanol–water partition coefficient (Wildman–Crippen LogP) is 9.81. The first-order valence-electron chi connectivity index (χ1n) is 13.6. The summed E-state index contributed by atoms with van der Waals surface area (Å²) in [6.45, 7) is 8.47. The van der Waals surface area contributed by atoms with Crippen molar-refractivity contribution < 1.29 is 4.74 Å². The minimum absolute atomic E-state index is 0.269. The average molecular weight is 506 g/mol. The van der Waals surface area contributed by atoms with Crippen molar-refractivity contribution in [1.29, 1.82) is 0 Å². The van der Waals surface area contributed by atoms with E-state index in [-0.39, 0.29) is 11.1 Å². The highest BCUT2D eigenvalue weighted by Gasteiger charge is 2.45. The maximum atomic E-state index is 6.29. The van der Waals surface area contributed by atoms with Crippen LogP contribution >= 0.6 is 0 Å². The summed E-state index contributed by atoms with van der Waals surface area (Å²) in [7, 11) is 0. The minimum Gasteiger partial charge on any atom is -0.469 e. The highest BCUT2D eigenvalue weighted by atomic mass is 16.5. The largest absolute Gasteiger partial charge is 0.469 e. The van der Waals surface area contributed by atoms with Crippen LogP contribution in [-0.4, -0.2) is 17.0 Å². The van der Waals surface area contributed by atoms with Gasteiger partial charge in [-0.1, -0.05) is 97.1 Å². The molecule has 190 valence electrons. The molecule has 7 rings (SSSR count). The molecule has 2 heteroatoms. The SMILES string of the molecule is CC1(C)N=C(c2ccc3cc(-c4c5ccccc5c(-c5ccccc5)c5ccccc45)ccc3c2)OC1(C)C. The van der Waals surface area contributed by atoms with E-state index in [9.17, 15) is 0 Å². The number of hydrogen-bond acceptors (Lipinski definition) is 2. The van der Waals surface area contributed by atoms with E-state index in [2.05, 4.69) is 143 Å². The molecule has 6 aromatic carbocycles. The van der Waals surface area contributed by atoms with E-state index in [0.29, 0.717) is 0 Å². The van der Waals surface area contributed by atoms with E-state index in [4.69, 9.17) is 9.73 Å². The zero-order valence-corrected chi connectivity index (χ0v) is 22.8. The van der Waals surface area contributed by atoms with Crippen LogP contribution in [0.15, 0.2) is 120 Å². The van der Waals surface area contributed by atoms with Gasteiger partial charge in [-0.15, -0.1) is 0 Å². The van der Waals surface area contributed by atoms with Gasteiger partial charge in [-0.05, 0) is 100 Å². The van der Waals surface area contributed by atoms with E-state index in [1.165, 1.54) is 54.6 Å². The topological polar surface area (TPSA) is 21.6 Å². The predicted molar refractivity (Wildman–Crippen MR) is 166 cm³/mol. The van der Waals surface area contributed by atoms with Gasteiger partial charge in [0.2, 0.25) is 5.90 Å². The van der Waals surface area contributed by atoms with Gasteiger partial charge in [0.15, 0.2) is 0 Å². The fourth-order valence-corrected chi connectivity index (χ4v) is 5.79. The van der Waals surface area contributed by atoms with Gasteiger partial charge >= 0.3 is 0 Å². The molecule has 6 aromatic rings. The van der Waals surface area contributed by atoms with Crippen molar-refractivity contribution in [1.82, 2.24) is 0 Å². The molecular formula is C37H31NO. The summed E-state index contributed by atoms with van der Waals surface area (Å²) in [6.07, 6.45) is 0. The lowest BCUT2D eigenvalue weighted by atomic mass is 9.85. The van der Waals surface area contributed by atoms with Crippen molar-refractivity contribution in [3.63, 3.8) is 0 Å². The molecule has 0 N–H and O–H groups in total. The molecule has 2 nitrogen and oxygen atoms in total. The first-order valence-corrected chi connectivity index (χ1v) is 13.6. The molecule has 0 saturated heterocycles. The maximum Gasteiger partial charge on any atom is 0.217 e. The molecule has 0 aliphatic carbocycles. The summed E-state index contributed by atoms with van der Waals surface area (Å²) in [6, 6.07) is 41.7. The van der Waals surface area contributed by atoms with E-state index in [1.54, 1.807) is 0 Å². The number of benzene rings is 6. The Morgan fingerprint density at radius 3 is 1.46 bits per heavy atom. The molecule has 0 unspecified atom stereocenters. The van der Waals surface area contributed by atoms with Crippen molar-refractivity contribution in [2.75, 3.05) is 0 Å². The van der Waals surface area contributed by atoms with Crippen LogP contribution in [0.5, 0.6) is 0 Å². The van der Waals surface area contributed by atoms with E-state index in [0.717, 1.165) is 11.5 Å². The second kappa shape index (κ2) is 8.54. The van der Waals surface area contributed by atoms with Crippen LogP contribution in [0.25, 0.3) is 54.6 Å². The van der Waals surface area contributed by atoms with Crippen molar-refractivity contribution in [2.45, 2.75) is 38.8 Å². The zero-order chi connectivity index (χ0) is 26.8. The lowest BCUT2D eigenvalue weighted by molar-refractivity contribution is 0.0619. The van der Waals surface area contributed by atoms with Crippen LogP contribution in [-0.2, 0) is 4.74 Å². The molecule has 0 aromatic heterocycles. The third-order valence-electron chi connectivity index (χ3n) is 8.58. The van der Waals surface area contributed by atoms with Crippen molar-refractivity contribution >= 4 is 38.2 Å². The van der Waals surface area contributed by atoms with Gasteiger partial charge in [0.25, 0.3) is 0 Å². The number of rotatable bonds is 3. The number of fused-ring (bicyclic) bond motifs is 3. The van der Waals surface area contributed by atoms with Crippen LogP contribution in [0.2, 0.25) is 0 Å². The molecule has 0 radical (unpaired) electrons. The Hall–Kier alpha value is -4.43. The fourth-order valence-electron chi connectivity index (χ4n) is 5.79. The van der Waals surface area contributed by atoms with Crippen LogP contribution in [0.1, 0.15) is 33.3 Å². The molecule has 0 atom stereocenters. The Balaban J connectivity index is 1.42. The van der Waals surface area contributed by atoms with E-state index < -0.39 is 0 Å². The van der Waals surface area contributed by atoms with Crippen molar-refractivity contribution in [3.05, 3.63) is 121 Å². The summed E-state index contributed by atoms with van der Waals surface area (Å²) in [5, 5.41) is 7.46. The van der Waals surface area contributed by atoms with Crippen LogP contribution in [0.4, 0.5) is 0 Å². The van der Waals surface area contributed by atoms with Gasteiger partial charge in [0.1, 0.15) is 5.60 Å². The van der Waals surface area contributed by atoms with Gasteiger partial charge in [-0.25, -0.2) is 4.99 Å². The molecular weight excluding hydrogens is 474 g/mol. The minimum atomic E-state index is -0.338. The molecule has 1 aliphatic rings. The van der Waals surface area contributed by atoms with Gasteiger partial charge < -0.3 is 4.74 Å². The lowest BCUT2D eigenvalue weighted by Crippen LogP contribution is -2.41. The Kier molecular flexibility index (Phi) is 5.18. The van der Waals surface area contributed by atoms with Gasteiger partial charge in [-0.2, -0.15) is 0 Å². The van der Waals surface area contributed by atoms with Crippen LogP contribution in [0, 0.1) is 0 Å². The highest BCUT2D eigenvalue weighted by Crippen LogP contribution is 2.44. The first-order chi connectivity index (χ1) is 18.8. The third-order valence-corrected chi connectivity index (χ3v) is 8.58. The summed E-state index contributed by atoms with van der Waals surface area (Å²) >= 11 is 0. The Morgan fingerprint density at radius 2 is 0.949 bits per heavy atom. The molecule has 0 spiro atoms. The summed E-state index contributed by atoms with van der Waals surface area (Å²) in [5.41, 5.74) is 5.45. The molecule has 0 amide bonds. The van der Waals surface area contributed by atoms with Gasteiger partial charge in [0.05, 0.1) is 5.54 Å². The van der Waals surface area contributed by atoms with Gasteiger partial charge in [0, 0.05) is 5.56 Å². The van der Waals surface area contributed by atoms with Crippen molar-refractivity contribution in [2.24, 2.45) is 4.99 Å². The zero-order valence-electron chi connectivity index (χ0n) is 22.8. The quantitative estimate of drug-likeness (QED) is 0.219. The second-order valence-corrected chi connectivity index (χ2v) is 11.6.